The minimum Gasteiger partial charge on any atom is -0.383 e. The molecule has 1 aromatic heterocycles. The second-order valence-electron chi connectivity index (χ2n) is 5.53. The molecule has 1 unspecified atom stereocenters. The van der Waals surface area contributed by atoms with Crippen LogP contribution in [0.3, 0.4) is 0 Å². The predicted molar refractivity (Wildman–Crippen MR) is 83.5 cm³/mol. The molecule has 102 valence electrons. The van der Waals surface area contributed by atoms with E-state index in [1.54, 1.807) is 29.5 Å². The van der Waals surface area contributed by atoms with Crippen molar-refractivity contribution in [2.75, 3.05) is 0 Å². The zero-order valence-electron chi connectivity index (χ0n) is 11.1. The second-order valence-corrected chi connectivity index (χ2v) is 7.46. The van der Waals surface area contributed by atoms with E-state index in [-0.39, 0.29) is 5.41 Å². The lowest BCUT2D eigenvalue weighted by Crippen LogP contribution is -2.07. The number of thiophene rings is 1. The molecule has 19 heavy (non-hydrogen) atoms. The number of aliphatic hydroxyl groups is 1. The molecule has 0 radical (unpaired) electrons. The van der Waals surface area contributed by atoms with Gasteiger partial charge in [0.2, 0.25) is 0 Å². The summed E-state index contributed by atoms with van der Waals surface area (Å²) in [5.74, 6) is 0. The first-order chi connectivity index (χ1) is 8.79. The van der Waals surface area contributed by atoms with Gasteiger partial charge < -0.3 is 5.11 Å². The van der Waals surface area contributed by atoms with Crippen LogP contribution in [0.1, 0.15) is 42.2 Å². The van der Waals surface area contributed by atoms with E-state index in [4.69, 9.17) is 23.2 Å². The van der Waals surface area contributed by atoms with Gasteiger partial charge in [-0.3, -0.25) is 0 Å². The minimum absolute atomic E-state index is 0.0975. The molecule has 0 saturated carbocycles. The lowest BCUT2D eigenvalue weighted by atomic mass is 9.95. The van der Waals surface area contributed by atoms with Crippen LogP contribution in [-0.4, -0.2) is 5.11 Å². The summed E-state index contributed by atoms with van der Waals surface area (Å²) in [6.45, 7) is 6.48. The molecule has 1 aromatic carbocycles. The van der Waals surface area contributed by atoms with Crippen molar-refractivity contribution in [1.29, 1.82) is 0 Å². The Kier molecular flexibility index (Phi) is 4.26. The summed E-state index contributed by atoms with van der Waals surface area (Å²) in [6, 6.07) is 9.26. The fraction of sp³-hybridized carbons (Fsp3) is 0.333. The Labute approximate surface area is 127 Å². The lowest BCUT2D eigenvalue weighted by Gasteiger charge is -2.16. The molecule has 2 rings (SSSR count). The molecule has 0 aliphatic carbocycles. The number of hydrogen-bond acceptors (Lipinski definition) is 2. The molecule has 1 atom stereocenters. The Morgan fingerprint density at radius 2 is 1.74 bits per heavy atom. The number of rotatable bonds is 2. The third-order valence-corrected chi connectivity index (χ3v) is 5.20. The maximum absolute atomic E-state index is 10.4. The topological polar surface area (TPSA) is 20.2 Å². The van der Waals surface area contributed by atoms with Crippen molar-refractivity contribution in [2.45, 2.75) is 32.3 Å². The Morgan fingerprint density at radius 3 is 2.26 bits per heavy atom. The van der Waals surface area contributed by atoms with Crippen LogP contribution in [0.15, 0.2) is 30.3 Å². The Morgan fingerprint density at radius 1 is 1.05 bits per heavy atom. The molecule has 1 N–H and O–H groups in total. The van der Waals surface area contributed by atoms with Crippen LogP contribution in [0.2, 0.25) is 10.0 Å². The Hall–Kier alpha value is -0.540. The maximum Gasteiger partial charge on any atom is 0.113 e. The van der Waals surface area contributed by atoms with Crippen molar-refractivity contribution in [3.05, 3.63) is 55.7 Å². The second kappa shape index (κ2) is 5.45. The first kappa shape index (κ1) is 14.9. The van der Waals surface area contributed by atoms with Gasteiger partial charge in [0.05, 0.1) is 10.0 Å². The van der Waals surface area contributed by atoms with E-state index in [0.29, 0.717) is 10.0 Å². The molecular formula is C15H16Cl2OS. The fourth-order valence-corrected chi connectivity index (χ4v) is 3.14. The number of aliphatic hydroxyl groups excluding tert-OH is 1. The van der Waals surface area contributed by atoms with Gasteiger partial charge in [0.15, 0.2) is 0 Å². The highest BCUT2D eigenvalue weighted by atomic mass is 35.5. The maximum atomic E-state index is 10.4. The van der Waals surface area contributed by atoms with Crippen LogP contribution >= 0.6 is 34.5 Å². The van der Waals surface area contributed by atoms with Gasteiger partial charge in [0.25, 0.3) is 0 Å². The Balaban J connectivity index is 2.31. The standard InChI is InChI=1S/C15H16Cl2OS/c1-15(2,3)13-7-6-12(19-13)14(18)9-4-5-10(16)11(17)8-9/h4-8,14,18H,1-3H3. The highest BCUT2D eigenvalue weighted by Gasteiger charge is 2.20. The summed E-state index contributed by atoms with van der Waals surface area (Å²) in [6.07, 6.45) is -0.657. The van der Waals surface area contributed by atoms with Crippen molar-refractivity contribution in [3.8, 4) is 0 Å². The molecule has 0 spiro atoms. The van der Waals surface area contributed by atoms with E-state index in [1.807, 2.05) is 6.07 Å². The van der Waals surface area contributed by atoms with Crippen molar-refractivity contribution >= 4 is 34.5 Å². The minimum atomic E-state index is -0.657. The molecule has 1 heterocycles. The average molecular weight is 315 g/mol. The SMILES string of the molecule is CC(C)(C)c1ccc(C(O)c2ccc(Cl)c(Cl)c2)s1. The fourth-order valence-electron chi connectivity index (χ4n) is 1.75. The Bertz CT molecular complexity index is 584. The summed E-state index contributed by atoms with van der Waals surface area (Å²) >= 11 is 13.5. The van der Waals surface area contributed by atoms with E-state index in [0.717, 1.165) is 10.4 Å². The highest BCUT2D eigenvalue weighted by molar-refractivity contribution is 7.12. The molecule has 0 aliphatic rings. The lowest BCUT2D eigenvalue weighted by molar-refractivity contribution is 0.224. The van der Waals surface area contributed by atoms with Crippen molar-refractivity contribution in [3.63, 3.8) is 0 Å². The highest BCUT2D eigenvalue weighted by Crippen LogP contribution is 2.35. The summed E-state index contributed by atoms with van der Waals surface area (Å²) in [4.78, 5) is 2.17. The van der Waals surface area contributed by atoms with Crippen molar-refractivity contribution in [2.24, 2.45) is 0 Å². The summed E-state index contributed by atoms with van der Waals surface area (Å²) in [7, 11) is 0. The quantitative estimate of drug-likeness (QED) is 0.783. The van der Waals surface area contributed by atoms with Crippen molar-refractivity contribution in [1.82, 2.24) is 0 Å². The van der Waals surface area contributed by atoms with E-state index in [9.17, 15) is 5.11 Å². The largest absolute Gasteiger partial charge is 0.383 e. The third kappa shape index (κ3) is 3.32. The molecule has 2 aromatic rings. The van der Waals surface area contributed by atoms with Crippen LogP contribution in [0.25, 0.3) is 0 Å². The molecule has 4 heteroatoms. The van der Waals surface area contributed by atoms with Gasteiger partial charge in [-0.1, -0.05) is 50.0 Å². The van der Waals surface area contributed by atoms with Gasteiger partial charge in [-0.2, -0.15) is 0 Å². The first-order valence-corrected chi connectivity index (χ1v) is 7.59. The number of benzene rings is 1. The molecule has 1 nitrogen and oxygen atoms in total. The van der Waals surface area contributed by atoms with E-state index in [1.165, 1.54) is 4.88 Å². The van der Waals surface area contributed by atoms with Crippen LogP contribution < -0.4 is 0 Å². The van der Waals surface area contributed by atoms with Crippen LogP contribution in [0, 0.1) is 0 Å². The number of halogens is 2. The molecular weight excluding hydrogens is 299 g/mol. The smallest absolute Gasteiger partial charge is 0.113 e. The monoisotopic (exact) mass is 314 g/mol. The third-order valence-electron chi connectivity index (χ3n) is 2.89. The van der Waals surface area contributed by atoms with Gasteiger partial charge >= 0.3 is 0 Å². The predicted octanol–water partition coefficient (Wildman–Crippen LogP) is 5.43. The van der Waals surface area contributed by atoms with Gasteiger partial charge in [0, 0.05) is 9.75 Å². The first-order valence-electron chi connectivity index (χ1n) is 6.02. The van der Waals surface area contributed by atoms with Gasteiger partial charge in [-0.15, -0.1) is 11.3 Å². The molecule has 0 fully saturated rings. The van der Waals surface area contributed by atoms with Crippen LogP contribution in [0.4, 0.5) is 0 Å². The summed E-state index contributed by atoms with van der Waals surface area (Å²) in [5.41, 5.74) is 0.858. The van der Waals surface area contributed by atoms with E-state index >= 15 is 0 Å². The van der Waals surface area contributed by atoms with Crippen LogP contribution in [0.5, 0.6) is 0 Å². The molecule has 0 saturated heterocycles. The average Bonchev–Trinajstić information content (AvgIpc) is 2.81. The summed E-state index contributed by atoms with van der Waals surface area (Å²) < 4.78 is 0. The molecule has 0 amide bonds. The summed E-state index contributed by atoms with van der Waals surface area (Å²) in [5, 5.41) is 11.4. The van der Waals surface area contributed by atoms with Gasteiger partial charge in [0.1, 0.15) is 6.10 Å². The van der Waals surface area contributed by atoms with Crippen LogP contribution in [-0.2, 0) is 5.41 Å². The van der Waals surface area contributed by atoms with Crippen molar-refractivity contribution < 1.29 is 5.11 Å². The van der Waals surface area contributed by atoms with E-state index < -0.39 is 6.10 Å². The van der Waals surface area contributed by atoms with Gasteiger partial charge in [-0.25, -0.2) is 0 Å². The van der Waals surface area contributed by atoms with E-state index in [2.05, 4.69) is 26.8 Å². The molecule has 0 bridgehead atoms. The normalized spacial score (nSPS) is 13.6. The number of hydrogen-bond donors (Lipinski definition) is 1. The molecule has 0 aliphatic heterocycles. The zero-order valence-corrected chi connectivity index (χ0v) is 13.4. The zero-order chi connectivity index (χ0) is 14.2. The van der Waals surface area contributed by atoms with Gasteiger partial charge in [-0.05, 0) is 35.2 Å².